The van der Waals surface area contributed by atoms with E-state index in [0.29, 0.717) is 40.7 Å². The van der Waals surface area contributed by atoms with E-state index in [4.69, 9.17) is 4.74 Å². The van der Waals surface area contributed by atoms with Crippen LogP contribution in [0.15, 0.2) is 69.1 Å². The summed E-state index contributed by atoms with van der Waals surface area (Å²) in [5.74, 6) is 0.565. The number of anilines is 2. The van der Waals surface area contributed by atoms with Crippen molar-refractivity contribution >= 4 is 42.8 Å². The lowest BCUT2D eigenvalue weighted by Crippen LogP contribution is -2.35. The predicted octanol–water partition coefficient (Wildman–Crippen LogP) is 3.70. The third kappa shape index (κ3) is 3.90. The molecule has 30 heavy (non-hydrogen) atoms. The number of rotatable bonds is 6. The zero-order chi connectivity index (χ0) is 21.4. The van der Waals surface area contributed by atoms with Crippen LogP contribution in [0.1, 0.15) is 12.0 Å². The van der Waals surface area contributed by atoms with Crippen LogP contribution in [0.2, 0.25) is 0 Å². The summed E-state index contributed by atoms with van der Waals surface area (Å²) >= 11 is 1.18. The lowest BCUT2D eigenvalue weighted by Gasteiger charge is -2.30. The van der Waals surface area contributed by atoms with Gasteiger partial charge in [0.25, 0.3) is 20.0 Å². The van der Waals surface area contributed by atoms with E-state index in [1.807, 2.05) is 0 Å². The Morgan fingerprint density at radius 1 is 1.03 bits per heavy atom. The second kappa shape index (κ2) is 7.93. The van der Waals surface area contributed by atoms with Gasteiger partial charge in [0.05, 0.1) is 17.7 Å². The monoisotopic (exact) mass is 464 g/mol. The number of benzene rings is 2. The number of nitrogens with one attached hydrogen (secondary N) is 1. The molecule has 1 aliphatic rings. The zero-order valence-corrected chi connectivity index (χ0v) is 18.6. The molecule has 2 heterocycles. The van der Waals surface area contributed by atoms with E-state index in [9.17, 15) is 16.8 Å². The van der Waals surface area contributed by atoms with Crippen molar-refractivity contribution in [3.8, 4) is 5.75 Å². The summed E-state index contributed by atoms with van der Waals surface area (Å²) in [7, 11) is -5.90. The smallest absolute Gasteiger partial charge is 0.273 e. The normalized spacial score (nSPS) is 14.2. The van der Waals surface area contributed by atoms with Crippen molar-refractivity contribution in [2.24, 2.45) is 0 Å². The fourth-order valence-corrected chi connectivity index (χ4v) is 7.06. The highest BCUT2D eigenvalue weighted by atomic mass is 32.2. The maximum absolute atomic E-state index is 13.0. The summed E-state index contributed by atoms with van der Waals surface area (Å²) < 4.78 is 60.7. The van der Waals surface area contributed by atoms with Crippen molar-refractivity contribution in [3.63, 3.8) is 0 Å². The molecule has 0 aliphatic carbocycles. The second-order valence-electron chi connectivity index (χ2n) is 6.74. The molecule has 158 valence electrons. The maximum atomic E-state index is 13.0. The van der Waals surface area contributed by atoms with Crippen LogP contribution < -0.4 is 13.8 Å². The molecule has 10 heteroatoms. The Morgan fingerprint density at radius 3 is 2.47 bits per heavy atom. The molecule has 1 aliphatic heterocycles. The maximum Gasteiger partial charge on any atom is 0.273 e. The minimum atomic E-state index is -3.78. The topological polar surface area (TPSA) is 92.8 Å². The molecule has 0 spiro atoms. The Bertz CT molecular complexity index is 1250. The molecular formula is C20H20N2O5S3. The van der Waals surface area contributed by atoms with Gasteiger partial charge in [-0.2, -0.15) is 0 Å². The van der Waals surface area contributed by atoms with Gasteiger partial charge in [-0.3, -0.25) is 9.03 Å². The van der Waals surface area contributed by atoms with Crippen molar-refractivity contribution in [2.75, 3.05) is 22.7 Å². The third-order valence-corrected chi connectivity index (χ3v) is 9.40. The Labute approximate surface area is 180 Å². The quantitative estimate of drug-likeness (QED) is 0.600. The summed E-state index contributed by atoms with van der Waals surface area (Å²) in [5, 5.41) is 1.73. The van der Waals surface area contributed by atoms with E-state index >= 15 is 0 Å². The van der Waals surface area contributed by atoms with E-state index in [1.165, 1.54) is 34.9 Å². The fourth-order valence-electron chi connectivity index (χ4n) is 3.36. The molecule has 0 amide bonds. The molecular weight excluding hydrogens is 444 g/mol. The standard InChI is InChI=1S/C20H20N2O5S3/c1-27-17-7-9-18(10-8-17)29(23,24)21-16-6-11-19-15(14-16)4-2-12-22(19)30(25,26)20-5-3-13-28-20/h3,5-11,13-14,21H,2,4,12H2,1H3. The van der Waals surface area contributed by atoms with Crippen LogP contribution in [0.25, 0.3) is 0 Å². The molecule has 0 saturated carbocycles. The van der Waals surface area contributed by atoms with Crippen LogP contribution in [-0.2, 0) is 26.5 Å². The number of hydrogen-bond acceptors (Lipinski definition) is 6. The van der Waals surface area contributed by atoms with Crippen molar-refractivity contribution in [2.45, 2.75) is 21.9 Å². The molecule has 0 fully saturated rings. The van der Waals surface area contributed by atoms with Crippen LogP contribution >= 0.6 is 11.3 Å². The summed E-state index contributed by atoms with van der Waals surface area (Å²) in [6, 6.07) is 14.3. The van der Waals surface area contributed by atoms with Gasteiger partial charge in [-0.15, -0.1) is 11.3 Å². The first-order valence-corrected chi connectivity index (χ1v) is 13.0. The first-order chi connectivity index (χ1) is 14.3. The Balaban J connectivity index is 1.62. The molecule has 2 aromatic carbocycles. The minimum absolute atomic E-state index is 0.114. The van der Waals surface area contributed by atoms with Gasteiger partial charge in [0.1, 0.15) is 9.96 Å². The molecule has 0 atom stereocenters. The molecule has 1 aromatic heterocycles. The van der Waals surface area contributed by atoms with Crippen LogP contribution in [0.3, 0.4) is 0 Å². The molecule has 4 rings (SSSR count). The molecule has 0 radical (unpaired) electrons. The number of methoxy groups -OCH3 is 1. The summed E-state index contributed by atoms with van der Waals surface area (Å²) in [4.78, 5) is 0.114. The van der Waals surface area contributed by atoms with Crippen LogP contribution in [-0.4, -0.2) is 30.5 Å². The van der Waals surface area contributed by atoms with Gasteiger partial charge in [0.15, 0.2) is 0 Å². The van der Waals surface area contributed by atoms with Gasteiger partial charge in [-0.25, -0.2) is 16.8 Å². The van der Waals surface area contributed by atoms with Crippen molar-refractivity contribution in [1.29, 1.82) is 0 Å². The third-order valence-electron chi connectivity index (χ3n) is 4.82. The van der Waals surface area contributed by atoms with Gasteiger partial charge in [0.2, 0.25) is 0 Å². The molecule has 0 saturated heterocycles. The highest BCUT2D eigenvalue weighted by Gasteiger charge is 2.30. The van der Waals surface area contributed by atoms with E-state index in [1.54, 1.807) is 47.8 Å². The largest absolute Gasteiger partial charge is 0.497 e. The van der Waals surface area contributed by atoms with Crippen molar-refractivity contribution in [3.05, 3.63) is 65.5 Å². The SMILES string of the molecule is COc1ccc(S(=O)(=O)Nc2ccc3c(c2)CCCN3S(=O)(=O)c2cccs2)cc1. The minimum Gasteiger partial charge on any atom is -0.497 e. The van der Waals surface area contributed by atoms with E-state index in [2.05, 4.69) is 4.72 Å². The van der Waals surface area contributed by atoms with Crippen molar-refractivity contribution in [1.82, 2.24) is 0 Å². The first-order valence-electron chi connectivity index (χ1n) is 9.17. The lowest BCUT2D eigenvalue weighted by molar-refractivity contribution is 0.414. The predicted molar refractivity (Wildman–Crippen MR) is 117 cm³/mol. The van der Waals surface area contributed by atoms with E-state index in [0.717, 1.165) is 5.56 Å². The molecule has 0 bridgehead atoms. The number of aryl methyl sites for hydroxylation is 1. The first kappa shape index (κ1) is 20.7. The number of thiophene rings is 1. The van der Waals surface area contributed by atoms with Gasteiger partial charge in [0, 0.05) is 12.2 Å². The summed E-state index contributed by atoms with van der Waals surface area (Å²) in [6.45, 7) is 0.393. The molecule has 3 aromatic rings. The Kier molecular flexibility index (Phi) is 5.48. The zero-order valence-electron chi connectivity index (χ0n) is 16.1. The highest BCUT2D eigenvalue weighted by Crippen LogP contribution is 2.35. The Hall–Kier alpha value is -2.56. The fraction of sp³-hybridized carbons (Fsp3) is 0.200. The number of ether oxygens (including phenoxy) is 1. The van der Waals surface area contributed by atoms with Gasteiger partial charge < -0.3 is 4.74 Å². The van der Waals surface area contributed by atoms with E-state index in [-0.39, 0.29) is 4.90 Å². The summed E-state index contributed by atoms with van der Waals surface area (Å²) in [5.41, 5.74) is 1.76. The van der Waals surface area contributed by atoms with Gasteiger partial charge >= 0.3 is 0 Å². The van der Waals surface area contributed by atoms with E-state index < -0.39 is 20.0 Å². The van der Waals surface area contributed by atoms with Gasteiger partial charge in [-0.1, -0.05) is 6.07 Å². The number of nitrogens with zero attached hydrogens (tertiary/aromatic N) is 1. The second-order valence-corrected chi connectivity index (χ2v) is 11.5. The van der Waals surface area contributed by atoms with Crippen LogP contribution in [0, 0.1) is 0 Å². The Morgan fingerprint density at radius 2 is 1.80 bits per heavy atom. The van der Waals surface area contributed by atoms with Crippen molar-refractivity contribution < 1.29 is 21.6 Å². The summed E-state index contributed by atoms with van der Waals surface area (Å²) in [6.07, 6.45) is 1.33. The highest BCUT2D eigenvalue weighted by molar-refractivity contribution is 7.94. The molecule has 1 N–H and O–H groups in total. The van der Waals surface area contributed by atoms with Gasteiger partial charge in [-0.05, 0) is 72.3 Å². The average molecular weight is 465 g/mol. The average Bonchev–Trinajstić information content (AvgIpc) is 3.29. The number of sulfonamides is 2. The molecule has 0 unspecified atom stereocenters. The molecule has 7 nitrogen and oxygen atoms in total. The lowest BCUT2D eigenvalue weighted by atomic mass is 10.0. The number of hydrogen-bond donors (Lipinski definition) is 1. The number of fused-ring (bicyclic) bond motifs is 1. The van der Waals surface area contributed by atoms with Crippen LogP contribution in [0.5, 0.6) is 5.75 Å². The van der Waals surface area contributed by atoms with Crippen LogP contribution in [0.4, 0.5) is 11.4 Å².